The number of carbonyl (C=O) groups is 2. The standard InChI is InChI=1S/C13H16N2O3/c1-3-18-12(16)7-9(2)15-8-11-10(13(15)17)5-4-6-14-11/h4-6,9H,3,7-8H2,1-2H3. The van der Waals surface area contributed by atoms with Crippen molar-refractivity contribution in [2.45, 2.75) is 32.9 Å². The van der Waals surface area contributed by atoms with Crippen molar-refractivity contribution in [1.82, 2.24) is 9.88 Å². The quantitative estimate of drug-likeness (QED) is 0.755. The van der Waals surface area contributed by atoms with Crippen molar-refractivity contribution >= 4 is 11.9 Å². The second-order valence-corrected chi connectivity index (χ2v) is 4.29. The van der Waals surface area contributed by atoms with Crippen molar-refractivity contribution in [3.8, 4) is 0 Å². The normalized spacial score (nSPS) is 15.4. The highest BCUT2D eigenvalue weighted by molar-refractivity contribution is 5.98. The van der Waals surface area contributed by atoms with Gasteiger partial charge in [-0.05, 0) is 26.0 Å². The van der Waals surface area contributed by atoms with Gasteiger partial charge >= 0.3 is 5.97 Å². The first-order valence-corrected chi connectivity index (χ1v) is 6.04. The molecule has 0 saturated carbocycles. The molecule has 0 aliphatic carbocycles. The van der Waals surface area contributed by atoms with Gasteiger partial charge in [-0.25, -0.2) is 0 Å². The summed E-state index contributed by atoms with van der Waals surface area (Å²) in [5.41, 5.74) is 1.41. The number of aromatic nitrogens is 1. The van der Waals surface area contributed by atoms with Gasteiger partial charge in [0.15, 0.2) is 0 Å². The molecule has 0 bridgehead atoms. The molecular formula is C13H16N2O3. The Morgan fingerprint density at radius 2 is 2.39 bits per heavy atom. The van der Waals surface area contributed by atoms with E-state index in [0.717, 1.165) is 5.69 Å². The lowest BCUT2D eigenvalue weighted by Gasteiger charge is -2.23. The average molecular weight is 248 g/mol. The van der Waals surface area contributed by atoms with Crippen LogP contribution in [0.15, 0.2) is 18.3 Å². The van der Waals surface area contributed by atoms with Gasteiger partial charge in [-0.15, -0.1) is 0 Å². The molecule has 0 fully saturated rings. The van der Waals surface area contributed by atoms with Gasteiger partial charge in [0.25, 0.3) is 5.91 Å². The molecule has 0 saturated heterocycles. The largest absolute Gasteiger partial charge is 0.466 e. The number of hydrogen-bond acceptors (Lipinski definition) is 4. The zero-order chi connectivity index (χ0) is 13.1. The first-order chi connectivity index (χ1) is 8.63. The number of hydrogen-bond donors (Lipinski definition) is 0. The molecule has 1 unspecified atom stereocenters. The molecule has 0 radical (unpaired) electrons. The van der Waals surface area contributed by atoms with Crippen LogP contribution in [0.4, 0.5) is 0 Å². The number of amides is 1. The highest BCUT2D eigenvalue weighted by Gasteiger charge is 2.32. The number of nitrogens with zero attached hydrogens (tertiary/aromatic N) is 2. The Hall–Kier alpha value is -1.91. The van der Waals surface area contributed by atoms with Gasteiger partial charge in [0.1, 0.15) is 0 Å². The van der Waals surface area contributed by atoms with Crippen molar-refractivity contribution in [1.29, 1.82) is 0 Å². The van der Waals surface area contributed by atoms with Gasteiger partial charge in [-0.1, -0.05) is 0 Å². The van der Waals surface area contributed by atoms with Crippen LogP contribution in [0.5, 0.6) is 0 Å². The molecule has 1 atom stereocenters. The summed E-state index contributed by atoms with van der Waals surface area (Å²) in [6.45, 7) is 4.45. The van der Waals surface area contributed by atoms with Gasteiger partial charge in [0.05, 0.1) is 30.8 Å². The Morgan fingerprint density at radius 1 is 1.61 bits per heavy atom. The van der Waals surface area contributed by atoms with Crippen LogP contribution >= 0.6 is 0 Å². The van der Waals surface area contributed by atoms with E-state index in [1.165, 1.54) is 0 Å². The predicted molar refractivity (Wildman–Crippen MR) is 64.8 cm³/mol. The average Bonchev–Trinajstić information content (AvgIpc) is 2.68. The summed E-state index contributed by atoms with van der Waals surface area (Å²) in [6.07, 6.45) is 1.89. The Bertz CT molecular complexity index is 473. The predicted octanol–water partition coefficient (Wildman–Crippen LogP) is 1.38. The molecule has 1 aromatic rings. The third kappa shape index (κ3) is 2.34. The third-order valence-electron chi connectivity index (χ3n) is 3.00. The second kappa shape index (κ2) is 5.16. The van der Waals surface area contributed by atoms with Crippen LogP contribution in [0, 0.1) is 0 Å². The van der Waals surface area contributed by atoms with Gasteiger partial charge in [0.2, 0.25) is 0 Å². The molecule has 2 rings (SSSR count). The van der Waals surface area contributed by atoms with E-state index in [1.807, 2.05) is 6.92 Å². The maximum atomic E-state index is 12.1. The van der Waals surface area contributed by atoms with Crippen LogP contribution in [0.3, 0.4) is 0 Å². The van der Waals surface area contributed by atoms with Crippen molar-refractivity contribution in [2.75, 3.05) is 6.61 Å². The molecule has 18 heavy (non-hydrogen) atoms. The van der Waals surface area contributed by atoms with E-state index in [-0.39, 0.29) is 24.3 Å². The zero-order valence-corrected chi connectivity index (χ0v) is 10.5. The van der Waals surface area contributed by atoms with E-state index < -0.39 is 0 Å². The summed E-state index contributed by atoms with van der Waals surface area (Å²) in [4.78, 5) is 29.4. The highest BCUT2D eigenvalue weighted by atomic mass is 16.5. The lowest BCUT2D eigenvalue weighted by molar-refractivity contribution is -0.144. The fourth-order valence-corrected chi connectivity index (χ4v) is 2.07. The Balaban J connectivity index is 2.04. The molecule has 1 aliphatic rings. The maximum absolute atomic E-state index is 12.1. The van der Waals surface area contributed by atoms with Crippen LogP contribution in [0.25, 0.3) is 0 Å². The number of ether oxygens (including phenoxy) is 1. The fourth-order valence-electron chi connectivity index (χ4n) is 2.07. The Kier molecular flexibility index (Phi) is 3.60. The van der Waals surface area contributed by atoms with Crippen LogP contribution < -0.4 is 0 Å². The molecule has 0 spiro atoms. The van der Waals surface area contributed by atoms with Gasteiger partial charge in [-0.2, -0.15) is 0 Å². The summed E-state index contributed by atoms with van der Waals surface area (Å²) in [5, 5.41) is 0. The number of pyridine rings is 1. The van der Waals surface area contributed by atoms with Crippen LogP contribution in [-0.4, -0.2) is 34.4 Å². The van der Waals surface area contributed by atoms with Crippen LogP contribution in [0.2, 0.25) is 0 Å². The van der Waals surface area contributed by atoms with E-state index in [4.69, 9.17) is 4.74 Å². The van der Waals surface area contributed by atoms with Crippen LogP contribution in [0.1, 0.15) is 36.3 Å². The highest BCUT2D eigenvalue weighted by Crippen LogP contribution is 2.23. The lowest BCUT2D eigenvalue weighted by atomic mass is 10.2. The topological polar surface area (TPSA) is 59.5 Å². The van der Waals surface area contributed by atoms with Crippen molar-refractivity contribution in [3.05, 3.63) is 29.6 Å². The second-order valence-electron chi connectivity index (χ2n) is 4.29. The molecule has 5 heteroatoms. The summed E-state index contributed by atoms with van der Waals surface area (Å²) in [5.74, 6) is -0.336. The molecule has 2 heterocycles. The SMILES string of the molecule is CCOC(=O)CC(C)N1Cc2ncccc2C1=O. The Morgan fingerprint density at radius 3 is 3.06 bits per heavy atom. The van der Waals surface area contributed by atoms with Gasteiger partial charge in [-0.3, -0.25) is 14.6 Å². The van der Waals surface area contributed by atoms with E-state index in [0.29, 0.717) is 18.7 Å². The van der Waals surface area contributed by atoms with E-state index in [1.54, 1.807) is 30.2 Å². The molecule has 5 nitrogen and oxygen atoms in total. The molecule has 1 aromatic heterocycles. The molecule has 1 amide bonds. The number of fused-ring (bicyclic) bond motifs is 1. The van der Waals surface area contributed by atoms with E-state index in [9.17, 15) is 9.59 Å². The molecule has 0 N–H and O–H groups in total. The number of carbonyl (C=O) groups excluding carboxylic acids is 2. The van der Waals surface area contributed by atoms with Crippen LogP contribution in [-0.2, 0) is 16.1 Å². The minimum atomic E-state index is -0.276. The number of rotatable bonds is 4. The molecule has 0 aromatic carbocycles. The summed E-state index contributed by atoms with van der Waals surface area (Å²) >= 11 is 0. The summed E-state index contributed by atoms with van der Waals surface area (Å²) < 4.78 is 4.89. The van der Waals surface area contributed by atoms with Crippen molar-refractivity contribution in [3.63, 3.8) is 0 Å². The third-order valence-corrected chi connectivity index (χ3v) is 3.00. The monoisotopic (exact) mass is 248 g/mol. The van der Waals surface area contributed by atoms with E-state index in [2.05, 4.69) is 4.98 Å². The zero-order valence-electron chi connectivity index (χ0n) is 10.5. The summed E-state index contributed by atoms with van der Waals surface area (Å²) in [7, 11) is 0. The van der Waals surface area contributed by atoms with Gasteiger partial charge < -0.3 is 9.64 Å². The minimum Gasteiger partial charge on any atom is -0.466 e. The minimum absolute atomic E-state index is 0.0603. The Labute approximate surface area is 106 Å². The number of esters is 1. The fraction of sp³-hybridized carbons (Fsp3) is 0.462. The summed E-state index contributed by atoms with van der Waals surface area (Å²) in [6, 6.07) is 3.34. The molecular weight excluding hydrogens is 232 g/mol. The lowest BCUT2D eigenvalue weighted by Crippen LogP contribution is -2.35. The molecule has 96 valence electrons. The van der Waals surface area contributed by atoms with Gasteiger partial charge in [0, 0.05) is 12.2 Å². The smallest absolute Gasteiger partial charge is 0.307 e. The van der Waals surface area contributed by atoms with Crippen molar-refractivity contribution in [2.24, 2.45) is 0 Å². The first-order valence-electron chi connectivity index (χ1n) is 6.04. The first kappa shape index (κ1) is 12.5. The van der Waals surface area contributed by atoms with Crippen molar-refractivity contribution < 1.29 is 14.3 Å². The maximum Gasteiger partial charge on any atom is 0.307 e. The van der Waals surface area contributed by atoms with E-state index >= 15 is 0 Å². The molecule has 1 aliphatic heterocycles.